The number of aliphatic carboxylic acids is 1. The number of halogens is 2. The van der Waals surface area contributed by atoms with Crippen LogP contribution in [0, 0.1) is 0 Å². The third kappa shape index (κ3) is 3.42. The van der Waals surface area contributed by atoms with Crippen molar-refractivity contribution in [2.24, 2.45) is 0 Å². The van der Waals surface area contributed by atoms with Gasteiger partial charge in [0, 0.05) is 11.1 Å². The predicted molar refractivity (Wildman–Crippen MR) is 69.5 cm³/mol. The first-order chi connectivity index (χ1) is 9.90. The molecule has 4 nitrogen and oxygen atoms in total. The van der Waals surface area contributed by atoms with Gasteiger partial charge in [-0.1, -0.05) is 30.3 Å². The monoisotopic (exact) mass is 291 g/mol. The summed E-state index contributed by atoms with van der Waals surface area (Å²) in [7, 11) is 0. The summed E-state index contributed by atoms with van der Waals surface area (Å²) in [5.41, 5.74) is 0.745. The first-order valence-electron chi connectivity index (χ1n) is 5.90. The van der Waals surface area contributed by atoms with Crippen molar-refractivity contribution in [1.29, 1.82) is 0 Å². The van der Waals surface area contributed by atoms with E-state index in [4.69, 9.17) is 5.11 Å². The van der Waals surface area contributed by atoms with E-state index in [0.29, 0.717) is 5.56 Å². The van der Waals surface area contributed by atoms with Gasteiger partial charge < -0.3 is 9.84 Å². The first-order valence-corrected chi connectivity index (χ1v) is 5.90. The molecular weight excluding hydrogens is 281 g/mol. The van der Waals surface area contributed by atoms with Crippen LogP contribution in [0.15, 0.2) is 54.6 Å². The zero-order valence-electron chi connectivity index (χ0n) is 10.6. The summed E-state index contributed by atoms with van der Waals surface area (Å²) >= 11 is 0. The van der Waals surface area contributed by atoms with Crippen LogP contribution in [0.5, 0.6) is 5.75 Å². The average molecular weight is 291 g/mol. The smallest absolute Gasteiger partial charge is 0.474 e. The second-order valence-electron chi connectivity index (χ2n) is 4.14. The minimum atomic E-state index is -4.31. The number of carboxylic acid groups (broad SMARTS) is 1. The lowest BCUT2D eigenvalue weighted by molar-refractivity contribution is -0.210. The van der Waals surface area contributed by atoms with E-state index >= 15 is 0 Å². The molecule has 0 saturated heterocycles. The van der Waals surface area contributed by atoms with E-state index < -0.39 is 12.1 Å². The Labute approximate surface area is 118 Å². The lowest BCUT2D eigenvalue weighted by Gasteiger charge is -2.13. The quantitative estimate of drug-likeness (QED) is 0.860. The van der Waals surface area contributed by atoms with Gasteiger partial charge in [-0.05, 0) is 24.3 Å². The van der Waals surface area contributed by atoms with Gasteiger partial charge in [0.15, 0.2) is 5.78 Å². The molecule has 1 unspecified atom stereocenters. The van der Waals surface area contributed by atoms with Gasteiger partial charge in [0.2, 0.25) is 0 Å². The highest BCUT2D eigenvalue weighted by Gasteiger charge is 2.42. The van der Waals surface area contributed by atoms with E-state index in [2.05, 4.69) is 4.74 Å². The first kappa shape index (κ1) is 14.6. The summed E-state index contributed by atoms with van der Waals surface area (Å²) in [6.07, 6.45) is -4.31. The molecule has 0 saturated carbocycles. The normalized spacial score (nSPS) is 13.2. The standard InChI is InChI=1S/C15H10F2O4/c16-15(17,14(19)20)21-12-8-6-11(7-9-12)13(18)10-4-2-1-3-5-10/h1-9H,(H,19,20)/i16-1. The molecule has 0 amide bonds. The fourth-order valence-electron chi connectivity index (χ4n) is 1.62. The molecule has 0 bridgehead atoms. The molecule has 0 heterocycles. The summed E-state index contributed by atoms with van der Waals surface area (Å²) in [4.78, 5) is 22.3. The number of rotatable bonds is 5. The zero-order valence-corrected chi connectivity index (χ0v) is 10.6. The van der Waals surface area contributed by atoms with Gasteiger partial charge in [0.1, 0.15) is 5.75 Å². The molecule has 0 radical (unpaired) electrons. The summed E-state index contributed by atoms with van der Waals surface area (Å²) in [5.74, 6) is -2.99. The van der Waals surface area contributed by atoms with Crippen LogP contribution >= 0.6 is 0 Å². The Morgan fingerprint density at radius 1 is 0.905 bits per heavy atom. The van der Waals surface area contributed by atoms with Crippen molar-refractivity contribution in [3.63, 3.8) is 0 Å². The van der Waals surface area contributed by atoms with Crippen LogP contribution in [0.1, 0.15) is 15.9 Å². The van der Waals surface area contributed by atoms with Crippen molar-refractivity contribution in [1.82, 2.24) is 0 Å². The number of carboxylic acids is 1. The van der Waals surface area contributed by atoms with Crippen LogP contribution in [0.3, 0.4) is 0 Å². The Morgan fingerprint density at radius 2 is 1.43 bits per heavy atom. The van der Waals surface area contributed by atoms with Gasteiger partial charge in [-0.2, -0.15) is 8.78 Å². The molecule has 0 aliphatic heterocycles. The van der Waals surface area contributed by atoms with Crippen LogP contribution in [0.2, 0.25) is 0 Å². The molecule has 2 rings (SSSR count). The summed E-state index contributed by atoms with van der Waals surface area (Å²) in [6.45, 7) is 0. The van der Waals surface area contributed by atoms with Crippen molar-refractivity contribution in [3.05, 3.63) is 65.7 Å². The van der Waals surface area contributed by atoms with Crippen LogP contribution in [0.4, 0.5) is 8.78 Å². The van der Waals surface area contributed by atoms with Crippen molar-refractivity contribution in [2.45, 2.75) is 6.11 Å². The molecule has 0 spiro atoms. The second kappa shape index (κ2) is 5.70. The molecule has 6 heteroatoms. The lowest BCUT2D eigenvalue weighted by atomic mass is 10.0. The highest BCUT2D eigenvalue weighted by Crippen LogP contribution is 2.22. The largest absolute Gasteiger partial charge is 0.501 e. The van der Waals surface area contributed by atoms with E-state index in [1.54, 1.807) is 30.3 Å². The van der Waals surface area contributed by atoms with Gasteiger partial charge >= 0.3 is 12.1 Å². The van der Waals surface area contributed by atoms with E-state index in [-0.39, 0.29) is 17.1 Å². The van der Waals surface area contributed by atoms with E-state index in [0.717, 1.165) is 12.1 Å². The predicted octanol–water partition coefficient (Wildman–Crippen LogP) is 2.97. The van der Waals surface area contributed by atoms with Crippen molar-refractivity contribution in [3.8, 4) is 5.75 Å². The number of carbonyl (C=O) groups is 2. The highest BCUT2D eigenvalue weighted by molar-refractivity contribution is 6.08. The Kier molecular flexibility index (Phi) is 3.98. The SMILES string of the molecule is O=C(c1ccccc1)c1ccc(OC(F)([18F])C(=O)O)cc1. The Morgan fingerprint density at radius 3 is 1.95 bits per heavy atom. The number of hydrogen-bond donors (Lipinski definition) is 1. The third-order valence-electron chi connectivity index (χ3n) is 2.65. The fraction of sp³-hybridized carbons (Fsp3) is 0.0667. The zero-order chi connectivity index (χ0) is 15.5. The second-order valence-corrected chi connectivity index (χ2v) is 4.14. The van der Waals surface area contributed by atoms with Gasteiger partial charge in [-0.25, -0.2) is 4.79 Å². The van der Waals surface area contributed by atoms with E-state index in [9.17, 15) is 18.4 Å². The maximum Gasteiger partial charge on any atom is 0.501 e. The maximum absolute atomic E-state index is 12.9. The number of ether oxygens (including phenoxy) is 1. The topological polar surface area (TPSA) is 63.6 Å². The number of benzene rings is 2. The number of alkyl halides is 2. The maximum atomic E-state index is 12.9. The van der Waals surface area contributed by atoms with Gasteiger partial charge in [-0.3, -0.25) is 4.79 Å². The van der Waals surface area contributed by atoms with Crippen LogP contribution in [0.25, 0.3) is 0 Å². The summed E-state index contributed by atoms with van der Waals surface area (Å²) in [5, 5.41) is 8.26. The minimum Gasteiger partial charge on any atom is -0.474 e. The molecule has 2 aromatic carbocycles. The van der Waals surface area contributed by atoms with Crippen LogP contribution in [-0.2, 0) is 4.79 Å². The lowest BCUT2D eigenvalue weighted by Crippen LogP contribution is -2.34. The summed E-state index contributed by atoms with van der Waals surface area (Å²) in [6, 6.07) is 13.3. The Hall–Kier alpha value is -2.76. The molecule has 0 aromatic heterocycles. The third-order valence-corrected chi connectivity index (χ3v) is 2.65. The number of carbonyl (C=O) groups excluding carboxylic acids is 1. The molecular formula is C15H10F2O4. The molecule has 2 aromatic rings. The number of ketones is 1. The highest BCUT2D eigenvalue weighted by atomic mass is 19.2. The molecule has 1 N–H and O–H groups in total. The molecule has 0 aliphatic rings. The van der Waals surface area contributed by atoms with Crippen LogP contribution < -0.4 is 4.74 Å². The number of hydrogen-bond acceptors (Lipinski definition) is 3. The van der Waals surface area contributed by atoms with Gasteiger partial charge in [0.25, 0.3) is 0 Å². The van der Waals surface area contributed by atoms with Gasteiger partial charge in [-0.15, -0.1) is 0 Å². The molecule has 0 fully saturated rings. The molecule has 0 aliphatic carbocycles. The molecule has 108 valence electrons. The van der Waals surface area contributed by atoms with E-state index in [1.807, 2.05) is 0 Å². The average Bonchev–Trinajstić information content (AvgIpc) is 2.48. The van der Waals surface area contributed by atoms with E-state index in [1.165, 1.54) is 12.1 Å². The Balaban J connectivity index is 2.16. The van der Waals surface area contributed by atoms with Crippen LogP contribution in [-0.4, -0.2) is 23.0 Å². The Bertz CT molecular complexity index is 651. The fourth-order valence-corrected chi connectivity index (χ4v) is 1.62. The summed E-state index contributed by atoms with van der Waals surface area (Å²) < 4.78 is 29.8. The molecule has 1 atom stereocenters. The molecule has 21 heavy (non-hydrogen) atoms. The van der Waals surface area contributed by atoms with Crippen molar-refractivity contribution < 1.29 is 28.2 Å². The van der Waals surface area contributed by atoms with Gasteiger partial charge in [0.05, 0.1) is 0 Å². The minimum absolute atomic E-state index is 0.271. The van der Waals surface area contributed by atoms with Crippen molar-refractivity contribution >= 4 is 11.8 Å². The van der Waals surface area contributed by atoms with Crippen molar-refractivity contribution in [2.75, 3.05) is 0 Å².